The van der Waals surface area contributed by atoms with Crippen LogP contribution in [0.2, 0.25) is 0 Å². The topological polar surface area (TPSA) is 53.3 Å². The van der Waals surface area contributed by atoms with E-state index >= 15 is 0 Å². The van der Waals surface area contributed by atoms with Gasteiger partial charge >= 0.3 is 5.97 Å². The molecule has 0 aromatic heterocycles. The number of nitriles is 1. The van der Waals surface area contributed by atoms with E-state index in [0.717, 1.165) is 45.1 Å². The quantitative estimate of drug-likeness (QED) is 0.720. The highest BCUT2D eigenvalue weighted by Gasteiger charge is 2.38. The minimum atomic E-state index is -0.0749. The number of carbonyl (C=O) groups excluding carboxylic acids is 1. The van der Waals surface area contributed by atoms with E-state index < -0.39 is 0 Å². The molecule has 2 rings (SSSR count). The fourth-order valence-corrected chi connectivity index (χ4v) is 3.30. The average molecular weight is 250 g/mol. The van der Waals surface area contributed by atoms with Crippen LogP contribution in [0, 0.1) is 17.2 Å². The normalized spacial score (nSPS) is 33.0. The molecule has 2 fully saturated rings. The van der Waals surface area contributed by atoms with E-state index in [-0.39, 0.29) is 17.9 Å². The van der Waals surface area contributed by atoms with Gasteiger partial charge in [-0.25, -0.2) is 0 Å². The van der Waals surface area contributed by atoms with Crippen LogP contribution in [0.25, 0.3) is 0 Å². The summed E-state index contributed by atoms with van der Waals surface area (Å²) in [6, 6.07) is 2.72. The summed E-state index contributed by atoms with van der Waals surface area (Å²) in [6.45, 7) is 3.28. The average Bonchev–Trinajstić information content (AvgIpc) is 2.88. The maximum Gasteiger partial charge on any atom is 0.323 e. The Balaban J connectivity index is 1.98. The van der Waals surface area contributed by atoms with Gasteiger partial charge in [-0.3, -0.25) is 9.69 Å². The standard InChI is InChI=1S/C14H22N2O2/c1-2-18-14(17)13-7-4-8-16(13)12-6-3-5-11(9-12)10-15/h11-13H,2-9H2,1H3/t11-,12-,13+/m0/s1. The summed E-state index contributed by atoms with van der Waals surface area (Å²) in [6.07, 6.45) is 6.14. The second kappa shape index (κ2) is 6.19. The molecule has 1 saturated heterocycles. The molecule has 4 heteroatoms. The molecular formula is C14H22N2O2. The zero-order valence-electron chi connectivity index (χ0n) is 11.1. The Kier molecular flexibility index (Phi) is 4.60. The Morgan fingerprint density at radius 2 is 2.22 bits per heavy atom. The molecule has 100 valence electrons. The molecule has 1 heterocycles. The smallest absolute Gasteiger partial charge is 0.323 e. The second-order valence-corrected chi connectivity index (χ2v) is 5.29. The minimum Gasteiger partial charge on any atom is -0.465 e. The Hall–Kier alpha value is -1.08. The molecule has 4 nitrogen and oxygen atoms in total. The third kappa shape index (κ3) is 2.84. The van der Waals surface area contributed by atoms with Crippen LogP contribution < -0.4 is 0 Å². The minimum absolute atomic E-state index is 0.0626. The fraction of sp³-hybridized carbons (Fsp3) is 0.857. The Morgan fingerprint density at radius 1 is 1.39 bits per heavy atom. The molecule has 1 saturated carbocycles. The van der Waals surface area contributed by atoms with Crippen molar-refractivity contribution in [1.29, 1.82) is 5.26 Å². The second-order valence-electron chi connectivity index (χ2n) is 5.29. The van der Waals surface area contributed by atoms with Gasteiger partial charge < -0.3 is 4.74 Å². The molecule has 0 N–H and O–H groups in total. The molecule has 0 aromatic rings. The monoisotopic (exact) mass is 250 g/mol. The van der Waals surface area contributed by atoms with Gasteiger partial charge in [0.25, 0.3) is 0 Å². The van der Waals surface area contributed by atoms with Crippen LogP contribution in [-0.2, 0) is 9.53 Å². The number of nitrogens with zero attached hydrogens (tertiary/aromatic N) is 2. The molecule has 0 radical (unpaired) electrons. The van der Waals surface area contributed by atoms with Crippen LogP contribution in [0.5, 0.6) is 0 Å². The van der Waals surface area contributed by atoms with E-state index in [0.29, 0.717) is 12.6 Å². The van der Waals surface area contributed by atoms with Crippen LogP contribution in [0.15, 0.2) is 0 Å². The summed E-state index contributed by atoms with van der Waals surface area (Å²) in [5.41, 5.74) is 0. The maximum absolute atomic E-state index is 11.9. The SMILES string of the molecule is CCOC(=O)[C@H]1CCCN1[C@H]1CCC[C@H](C#N)C1. The van der Waals surface area contributed by atoms with Gasteiger partial charge in [0.1, 0.15) is 6.04 Å². The highest BCUT2D eigenvalue weighted by Crippen LogP contribution is 2.32. The van der Waals surface area contributed by atoms with Crippen LogP contribution >= 0.6 is 0 Å². The van der Waals surface area contributed by atoms with Gasteiger partial charge in [0.15, 0.2) is 0 Å². The zero-order valence-corrected chi connectivity index (χ0v) is 11.1. The van der Waals surface area contributed by atoms with Crippen molar-refractivity contribution in [1.82, 2.24) is 4.90 Å². The fourth-order valence-electron chi connectivity index (χ4n) is 3.30. The van der Waals surface area contributed by atoms with Crippen LogP contribution in [0.4, 0.5) is 0 Å². The maximum atomic E-state index is 11.9. The number of likely N-dealkylation sites (tertiary alicyclic amines) is 1. The third-order valence-electron chi connectivity index (χ3n) is 4.15. The molecule has 3 atom stereocenters. The number of ether oxygens (including phenoxy) is 1. The van der Waals surface area contributed by atoms with Crippen LogP contribution in [0.1, 0.15) is 45.4 Å². The number of hydrogen-bond donors (Lipinski definition) is 0. The number of hydrogen-bond acceptors (Lipinski definition) is 4. The summed E-state index contributed by atoms with van der Waals surface area (Å²) in [5.74, 6) is 0.0984. The van der Waals surface area contributed by atoms with Gasteiger partial charge in [-0.1, -0.05) is 6.42 Å². The predicted octanol–water partition coefficient (Wildman–Crippen LogP) is 2.10. The Bertz CT molecular complexity index is 337. The van der Waals surface area contributed by atoms with Crippen molar-refractivity contribution in [2.75, 3.05) is 13.2 Å². The molecule has 1 aliphatic heterocycles. The van der Waals surface area contributed by atoms with Gasteiger partial charge in [0, 0.05) is 12.0 Å². The number of carbonyl (C=O) groups is 1. The van der Waals surface area contributed by atoms with Crippen molar-refractivity contribution >= 4 is 5.97 Å². The van der Waals surface area contributed by atoms with Crippen molar-refractivity contribution in [2.24, 2.45) is 5.92 Å². The molecule has 0 unspecified atom stereocenters. The van der Waals surface area contributed by atoms with E-state index in [1.165, 1.54) is 0 Å². The molecule has 0 spiro atoms. The highest BCUT2D eigenvalue weighted by molar-refractivity contribution is 5.76. The lowest BCUT2D eigenvalue weighted by atomic mass is 9.85. The summed E-state index contributed by atoms with van der Waals surface area (Å²) in [4.78, 5) is 14.2. The molecule has 0 amide bonds. The van der Waals surface area contributed by atoms with Gasteiger partial charge in [-0.15, -0.1) is 0 Å². The molecule has 0 aromatic carbocycles. The van der Waals surface area contributed by atoms with Crippen molar-refractivity contribution in [3.63, 3.8) is 0 Å². The van der Waals surface area contributed by atoms with E-state index in [1.54, 1.807) is 0 Å². The molecule has 0 bridgehead atoms. The van der Waals surface area contributed by atoms with E-state index in [1.807, 2.05) is 6.92 Å². The number of rotatable bonds is 3. The van der Waals surface area contributed by atoms with Gasteiger partial charge in [-0.05, 0) is 45.6 Å². The van der Waals surface area contributed by atoms with E-state index in [2.05, 4.69) is 11.0 Å². The van der Waals surface area contributed by atoms with Crippen molar-refractivity contribution in [3.8, 4) is 6.07 Å². The van der Waals surface area contributed by atoms with Crippen molar-refractivity contribution in [3.05, 3.63) is 0 Å². The van der Waals surface area contributed by atoms with Crippen molar-refractivity contribution < 1.29 is 9.53 Å². The van der Waals surface area contributed by atoms with E-state index in [9.17, 15) is 4.79 Å². The van der Waals surface area contributed by atoms with Gasteiger partial charge in [-0.2, -0.15) is 5.26 Å². The third-order valence-corrected chi connectivity index (χ3v) is 4.15. The van der Waals surface area contributed by atoms with Crippen LogP contribution in [0.3, 0.4) is 0 Å². The van der Waals surface area contributed by atoms with Gasteiger partial charge in [0.05, 0.1) is 12.7 Å². The first-order valence-electron chi connectivity index (χ1n) is 7.08. The largest absolute Gasteiger partial charge is 0.465 e. The molecule has 1 aliphatic carbocycles. The number of esters is 1. The lowest BCUT2D eigenvalue weighted by molar-refractivity contribution is -0.149. The first kappa shape index (κ1) is 13.4. The van der Waals surface area contributed by atoms with Crippen molar-refractivity contribution in [2.45, 2.75) is 57.5 Å². The van der Waals surface area contributed by atoms with E-state index in [4.69, 9.17) is 10.00 Å². The molecular weight excluding hydrogens is 228 g/mol. The first-order valence-corrected chi connectivity index (χ1v) is 7.08. The van der Waals surface area contributed by atoms with Gasteiger partial charge in [0.2, 0.25) is 0 Å². The summed E-state index contributed by atoms with van der Waals surface area (Å²) in [7, 11) is 0. The summed E-state index contributed by atoms with van der Waals surface area (Å²) >= 11 is 0. The molecule has 2 aliphatic rings. The summed E-state index contributed by atoms with van der Waals surface area (Å²) in [5, 5.41) is 9.05. The Morgan fingerprint density at radius 3 is 2.94 bits per heavy atom. The predicted molar refractivity (Wildman–Crippen MR) is 67.7 cm³/mol. The zero-order chi connectivity index (χ0) is 13.0. The summed E-state index contributed by atoms with van der Waals surface area (Å²) < 4.78 is 5.15. The highest BCUT2D eigenvalue weighted by atomic mass is 16.5. The van der Waals surface area contributed by atoms with Crippen LogP contribution in [-0.4, -0.2) is 36.1 Å². The lowest BCUT2D eigenvalue weighted by Crippen LogP contribution is -2.45. The Labute approximate surface area is 109 Å². The first-order chi connectivity index (χ1) is 8.76. The lowest BCUT2D eigenvalue weighted by Gasteiger charge is -2.35. The molecule has 18 heavy (non-hydrogen) atoms.